The summed E-state index contributed by atoms with van der Waals surface area (Å²) in [6, 6.07) is 1.52. The Kier molecular flexibility index (Phi) is 4.86. The maximum atomic E-state index is 12.3. The van der Waals surface area contributed by atoms with Crippen LogP contribution in [-0.4, -0.2) is 19.9 Å². The summed E-state index contributed by atoms with van der Waals surface area (Å²) >= 11 is 2.89. The molecule has 24 heavy (non-hydrogen) atoms. The Morgan fingerprint density at radius 2 is 2.00 bits per heavy atom. The molecule has 0 unspecified atom stereocenters. The van der Waals surface area contributed by atoms with Gasteiger partial charge >= 0.3 is 0 Å². The molecule has 0 radical (unpaired) electrons. The van der Waals surface area contributed by atoms with Gasteiger partial charge in [-0.25, -0.2) is 9.97 Å². The molecule has 126 valence electrons. The molecule has 0 saturated heterocycles. The minimum atomic E-state index is -0.155. The van der Waals surface area contributed by atoms with E-state index in [1.165, 1.54) is 29.2 Å². The fourth-order valence-corrected chi connectivity index (χ4v) is 4.25. The third-order valence-electron chi connectivity index (χ3n) is 3.71. The van der Waals surface area contributed by atoms with E-state index in [0.29, 0.717) is 22.1 Å². The highest BCUT2D eigenvalue weighted by molar-refractivity contribution is 7.98. The largest absolute Gasteiger partial charge is 0.309 e. The molecule has 3 rings (SSSR count). The SMILES string of the molecule is CCCc1cc(=O)[nH]c(SCc2nc3sc(C)c(C)c3c(=O)[nH]2)n1. The number of nitrogens with zero attached hydrogens (tertiary/aromatic N) is 2. The van der Waals surface area contributed by atoms with Crippen LogP contribution in [0.15, 0.2) is 20.8 Å². The normalized spacial score (nSPS) is 11.3. The second-order valence-electron chi connectivity index (χ2n) is 5.56. The maximum Gasteiger partial charge on any atom is 0.259 e. The lowest BCUT2D eigenvalue weighted by molar-refractivity contribution is 0.815. The van der Waals surface area contributed by atoms with Crippen molar-refractivity contribution >= 4 is 33.3 Å². The number of aromatic nitrogens is 4. The maximum absolute atomic E-state index is 12.3. The topological polar surface area (TPSA) is 91.5 Å². The number of thiophene rings is 1. The summed E-state index contributed by atoms with van der Waals surface area (Å²) in [5.74, 6) is 1.03. The zero-order chi connectivity index (χ0) is 17.3. The summed E-state index contributed by atoms with van der Waals surface area (Å²) in [6.07, 6.45) is 1.70. The lowest BCUT2D eigenvalue weighted by Crippen LogP contribution is -2.12. The third-order valence-corrected chi connectivity index (χ3v) is 5.70. The summed E-state index contributed by atoms with van der Waals surface area (Å²) in [6.45, 7) is 5.97. The number of H-pyrrole nitrogens is 2. The number of aryl methyl sites for hydroxylation is 3. The molecule has 0 fully saturated rings. The van der Waals surface area contributed by atoms with E-state index in [0.717, 1.165) is 33.8 Å². The Morgan fingerprint density at radius 3 is 2.75 bits per heavy atom. The van der Waals surface area contributed by atoms with Gasteiger partial charge in [0.25, 0.3) is 11.1 Å². The van der Waals surface area contributed by atoms with Crippen molar-refractivity contribution < 1.29 is 0 Å². The molecular weight excluding hydrogens is 344 g/mol. The highest BCUT2D eigenvalue weighted by Gasteiger charge is 2.12. The Balaban J connectivity index is 1.86. The lowest BCUT2D eigenvalue weighted by Gasteiger charge is -2.03. The van der Waals surface area contributed by atoms with Crippen molar-refractivity contribution in [3.8, 4) is 0 Å². The monoisotopic (exact) mass is 362 g/mol. The molecule has 0 spiro atoms. The Morgan fingerprint density at radius 1 is 1.21 bits per heavy atom. The summed E-state index contributed by atoms with van der Waals surface area (Å²) in [7, 11) is 0. The number of aromatic amines is 2. The average molecular weight is 362 g/mol. The second kappa shape index (κ2) is 6.90. The summed E-state index contributed by atoms with van der Waals surface area (Å²) in [4.78, 5) is 40.3. The van der Waals surface area contributed by atoms with E-state index in [9.17, 15) is 9.59 Å². The molecule has 0 amide bonds. The highest BCUT2D eigenvalue weighted by Crippen LogP contribution is 2.26. The first-order chi connectivity index (χ1) is 11.5. The van der Waals surface area contributed by atoms with Gasteiger partial charge in [-0.05, 0) is 25.8 Å². The summed E-state index contributed by atoms with van der Waals surface area (Å²) < 4.78 is 0. The van der Waals surface area contributed by atoms with Gasteiger partial charge in [-0.15, -0.1) is 11.3 Å². The molecule has 0 bridgehead atoms. The van der Waals surface area contributed by atoms with Gasteiger partial charge in [-0.3, -0.25) is 9.59 Å². The molecule has 3 heterocycles. The molecule has 0 atom stereocenters. The van der Waals surface area contributed by atoms with E-state index < -0.39 is 0 Å². The van der Waals surface area contributed by atoms with Crippen LogP contribution < -0.4 is 11.1 Å². The van der Waals surface area contributed by atoms with Crippen molar-refractivity contribution in [2.75, 3.05) is 0 Å². The van der Waals surface area contributed by atoms with E-state index in [1.807, 2.05) is 20.8 Å². The zero-order valence-corrected chi connectivity index (χ0v) is 15.4. The zero-order valence-electron chi connectivity index (χ0n) is 13.7. The van der Waals surface area contributed by atoms with E-state index in [4.69, 9.17) is 0 Å². The van der Waals surface area contributed by atoms with Gasteiger partial charge in [0, 0.05) is 16.6 Å². The van der Waals surface area contributed by atoms with Crippen LogP contribution >= 0.6 is 23.1 Å². The van der Waals surface area contributed by atoms with Crippen LogP contribution in [0, 0.1) is 13.8 Å². The van der Waals surface area contributed by atoms with Gasteiger partial charge in [0.1, 0.15) is 10.7 Å². The van der Waals surface area contributed by atoms with Crippen molar-refractivity contribution in [1.82, 2.24) is 19.9 Å². The van der Waals surface area contributed by atoms with Gasteiger partial charge in [0.05, 0.1) is 11.1 Å². The Labute approximate surface area is 146 Å². The third kappa shape index (κ3) is 3.44. The molecule has 6 nitrogen and oxygen atoms in total. The van der Waals surface area contributed by atoms with Gasteiger partial charge < -0.3 is 9.97 Å². The molecule has 0 aliphatic carbocycles. The summed E-state index contributed by atoms with van der Waals surface area (Å²) in [5.41, 5.74) is 1.50. The molecule has 0 aromatic carbocycles. The van der Waals surface area contributed by atoms with Crippen LogP contribution in [0.25, 0.3) is 10.2 Å². The first kappa shape index (κ1) is 16.9. The molecule has 0 aliphatic heterocycles. The fraction of sp³-hybridized carbons (Fsp3) is 0.375. The van der Waals surface area contributed by atoms with Crippen LogP contribution in [-0.2, 0) is 12.2 Å². The van der Waals surface area contributed by atoms with Crippen molar-refractivity contribution in [1.29, 1.82) is 0 Å². The van der Waals surface area contributed by atoms with Crippen LogP contribution in [0.1, 0.15) is 35.3 Å². The standard InChI is InChI=1S/C16H18N4O2S2/c1-4-5-10-6-12(21)20-16(17-10)23-7-11-18-14(22)13-8(2)9(3)24-15(13)19-11/h6H,4-5,7H2,1-3H3,(H,17,20,21)(H,18,19,22). The fourth-order valence-electron chi connectivity index (χ4n) is 2.44. The minimum Gasteiger partial charge on any atom is -0.309 e. The van der Waals surface area contributed by atoms with Crippen molar-refractivity contribution in [2.45, 2.75) is 44.5 Å². The van der Waals surface area contributed by atoms with E-state index in [1.54, 1.807) is 0 Å². The van der Waals surface area contributed by atoms with E-state index >= 15 is 0 Å². The Bertz CT molecular complexity index is 1000. The van der Waals surface area contributed by atoms with Crippen LogP contribution in [0.2, 0.25) is 0 Å². The minimum absolute atomic E-state index is 0.112. The number of hydrogen-bond donors (Lipinski definition) is 2. The number of hydrogen-bond acceptors (Lipinski definition) is 6. The molecule has 0 saturated carbocycles. The number of thioether (sulfide) groups is 1. The highest BCUT2D eigenvalue weighted by atomic mass is 32.2. The molecule has 8 heteroatoms. The lowest BCUT2D eigenvalue weighted by atomic mass is 10.2. The average Bonchev–Trinajstić information content (AvgIpc) is 2.80. The second-order valence-corrected chi connectivity index (χ2v) is 7.72. The van der Waals surface area contributed by atoms with Gasteiger partial charge in [0.2, 0.25) is 0 Å². The predicted octanol–water partition coefficient (Wildman–Crippen LogP) is 2.93. The number of rotatable bonds is 5. The van der Waals surface area contributed by atoms with Gasteiger partial charge in [0.15, 0.2) is 5.16 Å². The van der Waals surface area contributed by atoms with E-state index in [-0.39, 0.29) is 11.1 Å². The molecule has 3 aromatic rings. The van der Waals surface area contributed by atoms with E-state index in [2.05, 4.69) is 19.9 Å². The Hall–Kier alpha value is -1.93. The molecule has 2 N–H and O–H groups in total. The smallest absolute Gasteiger partial charge is 0.259 e. The first-order valence-corrected chi connectivity index (χ1v) is 9.50. The van der Waals surface area contributed by atoms with Crippen molar-refractivity contribution in [2.24, 2.45) is 0 Å². The first-order valence-electron chi connectivity index (χ1n) is 7.70. The molecule has 0 aliphatic rings. The van der Waals surface area contributed by atoms with Crippen LogP contribution in [0.4, 0.5) is 0 Å². The summed E-state index contributed by atoms with van der Waals surface area (Å²) in [5, 5.41) is 1.22. The number of nitrogens with one attached hydrogen (secondary N) is 2. The van der Waals surface area contributed by atoms with Crippen molar-refractivity contribution in [3.05, 3.63) is 48.7 Å². The van der Waals surface area contributed by atoms with Crippen LogP contribution in [0.3, 0.4) is 0 Å². The van der Waals surface area contributed by atoms with Crippen LogP contribution in [0.5, 0.6) is 0 Å². The van der Waals surface area contributed by atoms with Gasteiger partial charge in [-0.2, -0.15) is 0 Å². The molecular formula is C16H18N4O2S2. The quantitative estimate of drug-likeness (QED) is 0.538. The van der Waals surface area contributed by atoms with Crippen molar-refractivity contribution in [3.63, 3.8) is 0 Å². The van der Waals surface area contributed by atoms with Gasteiger partial charge in [-0.1, -0.05) is 25.1 Å². The predicted molar refractivity (Wildman–Crippen MR) is 98.1 cm³/mol. The molecule has 3 aromatic heterocycles. The number of fused-ring (bicyclic) bond motifs is 1.